The Morgan fingerprint density at radius 2 is 1.62 bits per heavy atom. The number of thiocarbonyl (C=S) groups is 1. The smallest absolute Gasteiger partial charge is 0.259 e. The Bertz CT molecular complexity index is 671. The second-order valence-electron chi connectivity index (χ2n) is 4.91. The molecule has 0 aromatic heterocycles. The maximum atomic E-state index is 12.3. The fraction of sp³-hybridized carbons (Fsp3) is 0.111. The van der Waals surface area contributed by atoms with Gasteiger partial charge in [-0.15, -0.1) is 0 Å². The van der Waals surface area contributed by atoms with E-state index >= 15 is 0 Å². The maximum Gasteiger partial charge on any atom is 0.259 e. The van der Waals surface area contributed by atoms with Crippen LogP contribution in [0.15, 0.2) is 60.7 Å². The van der Waals surface area contributed by atoms with Crippen LogP contribution in [0.1, 0.15) is 27.9 Å². The number of carbonyl (C=O) groups is 1. The lowest BCUT2D eigenvalue weighted by Gasteiger charge is -2.14. The van der Waals surface area contributed by atoms with Crippen molar-refractivity contribution >= 4 is 29.2 Å². The SMILES string of the molecule is O=C1c2ccccc2C(=S)N1CC/C=C/c1ccccc1. The highest BCUT2D eigenvalue weighted by molar-refractivity contribution is 7.80. The van der Waals surface area contributed by atoms with Gasteiger partial charge in [0.15, 0.2) is 0 Å². The average Bonchev–Trinajstić information content (AvgIpc) is 2.77. The molecule has 21 heavy (non-hydrogen) atoms. The van der Waals surface area contributed by atoms with Gasteiger partial charge in [0.05, 0.1) is 5.56 Å². The normalized spacial score (nSPS) is 14.0. The summed E-state index contributed by atoms with van der Waals surface area (Å²) in [5.41, 5.74) is 2.76. The minimum absolute atomic E-state index is 0.0173. The van der Waals surface area contributed by atoms with Gasteiger partial charge in [0, 0.05) is 12.1 Å². The van der Waals surface area contributed by atoms with E-state index in [0.29, 0.717) is 11.5 Å². The van der Waals surface area contributed by atoms with Crippen molar-refractivity contribution in [3.63, 3.8) is 0 Å². The number of fused-ring (bicyclic) bond motifs is 1. The minimum Gasteiger partial charge on any atom is -0.298 e. The lowest BCUT2D eigenvalue weighted by Crippen LogP contribution is -2.29. The third kappa shape index (κ3) is 2.78. The molecule has 0 atom stereocenters. The average molecular weight is 293 g/mol. The van der Waals surface area contributed by atoms with Crippen molar-refractivity contribution in [2.45, 2.75) is 6.42 Å². The first-order chi connectivity index (χ1) is 10.3. The van der Waals surface area contributed by atoms with E-state index in [2.05, 4.69) is 24.3 Å². The predicted molar refractivity (Wildman–Crippen MR) is 89.3 cm³/mol. The molecule has 2 aromatic rings. The largest absolute Gasteiger partial charge is 0.298 e. The summed E-state index contributed by atoms with van der Waals surface area (Å²) in [6.45, 7) is 0.621. The first-order valence-corrected chi connectivity index (χ1v) is 7.35. The molecule has 0 N–H and O–H groups in total. The number of carbonyl (C=O) groups excluding carboxylic acids is 1. The Kier molecular flexibility index (Phi) is 3.93. The zero-order chi connectivity index (χ0) is 14.7. The molecule has 0 saturated carbocycles. The van der Waals surface area contributed by atoms with Gasteiger partial charge in [-0.1, -0.05) is 72.9 Å². The lowest BCUT2D eigenvalue weighted by atomic mass is 10.1. The quantitative estimate of drug-likeness (QED) is 0.796. The summed E-state index contributed by atoms with van der Waals surface area (Å²) in [7, 11) is 0. The van der Waals surface area contributed by atoms with Gasteiger partial charge in [-0.05, 0) is 18.1 Å². The fourth-order valence-corrected chi connectivity index (χ4v) is 2.78. The molecule has 2 nitrogen and oxygen atoms in total. The Balaban J connectivity index is 1.64. The molecular weight excluding hydrogens is 278 g/mol. The molecule has 0 radical (unpaired) electrons. The predicted octanol–water partition coefficient (Wildman–Crippen LogP) is 3.92. The number of amides is 1. The monoisotopic (exact) mass is 293 g/mol. The van der Waals surface area contributed by atoms with Gasteiger partial charge in [-0.2, -0.15) is 0 Å². The Hall–Kier alpha value is -2.26. The van der Waals surface area contributed by atoms with Gasteiger partial charge in [0.1, 0.15) is 4.99 Å². The second kappa shape index (κ2) is 6.02. The van der Waals surface area contributed by atoms with E-state index in [1.807, 2.05) is 42.5 Å². The van der Waals surface area contributed by atoms with E-state index in [1.54, 1.807) is 4.90 Å². The van der Waals surface area contributed by atoms with Crippen molar-refractivity contribution in [1.29, 1.82) is 0 Å². The molecule has 2 aromatic carbocycles. The van der Waals surface area contributed by atoms with Crippen molar-refractivity contribution in [3.05, 3.63) is 77.4 Å². The third-order valence-corrected chi connectivity index (χ3v) is 3.95. The molecule has 1 aliphatic heterocycles. The van der Waals surface area contributed by atoms with Gasteiger partial charge in [0.2, 0.25) is 0 Å². The van der Waals surface area contributed by atoms with Crippen LogP contribution in [0.5, 0.6) is 0 Å². The van der Waals surface area contributed by atoms with Gasteiger partial charge in [-0.25, -0.2) is 0 Å². The second-order valence-corrected chi connectivity index (χ2v) is 5.30. The molecule has 1 aliphatic rings. The van der Waals surface area contributed by atoms with Crippen LogP contribution >= 0.6 is 12.2 Å². The van der Waals surface area contributed by atoms with Crippen molar-refractivity contribution in [3.8, 4) is 0 Å². The van der Waals surface area contributed by atoms with E-state index in [-0.39, 0.29) is 5.91 Å². The first kappa shape index (κ1) is 13.7. The van der Waals surface area contributed by atoms with Crippen molar-refractivity contribution in [2.75, 3.05) is 6.54 Å². The highest BCUT2D eigenvalue weighted by atomic mass is 32.1. The van der Waals surface area contributed by atoms with Crippen molar-refractivity contribution in [1.82, 2.24) is 4.90 Å². The number of nitrogens with zero attached hydrogens (tertiary/aromatic N) is 1. The summed E-state index contributed by atoms with van der Waals surface area (Å²) >= 11 is 5.40. The summed E-state index contributed by atoms with van der Waals surface area (Å²) in [6.07, 6.45) is 4.93. The van der Waals surface area contributed by atoms with Crippen molar-refractivity contribution < 1.29 is 4.79 Å². The highest BCUT2D eigenvalue weighted by Crippen LogP contribution is 2.23. The van der Waals surface area contributed by atoms with E-state index in [9.17, 15) is 4.79 Å². The maximum absolute atomic E-state index is 12.3. The van der Waals surface area contributed by atoms with E-state index in [1.165, 1.54) is 0 Å². The van der Waals surface area contributed by atoms with Gasteiger partial charge in [0.25, 0.3) is 5.91 Å². The van der Waals surface area contributed by atoms with Crippen molar-refractivity contribution in [2.24, 2.45) is 0 Å². The van der Waals surface area contributed by atoms with Crippen LogP contribution in [0, 0.1) is 0 Å². The highest BCUT2D eigenvalue weighted by Gasteiger charge is 2.31. The Morgan fingerprint density at radius 1 is 0.952 bits per heavy atom. The summed E-state index contributed by atoms with van der Waals surface area (Å²) in [5, 5.41) is 0. The summed E-state index contributed by atoms with van der Waals surface area (Å²) in [4.78, 5) is 14.6. The van der Waals surface area contributed by atoms with Crippen LogP contribution in [0.25, 0.3) is 6.08 Å². The van der Waals surface area contributed by atoms with Gasteiger partial charge >= 0.3 is 0 Å². The molecule has 0 spiro atoms. The molecule has 0 fully saturated rings. The number of hydrogen-bond donors (Lipinski definition) is 0. The van der Waals surface area contributed by atoms with Crippen LogP contribution in [0.4, 0.5) is 0 Å². The molecule has 1 heterocycles. The summed E-state index contributed by atoms with van der Waals surface area (Å²) in [6, 6.07) is 17.7. The van der Waals surface area contributed by atoms with Crippen LogP contribution in [0.3, 0.4) is 0 Å². The number of benzene rings is 2. The number of hydrogen-bond acceptors (Lipinski definition) is 2. The van der Waals surface area contributed by atoms with E-state index in [0.717, 1.165) is 23.1 Å². The molecule has 104 valence electrons. The van der Waals surface area contributed by atoms with Crippen LogP contribution in [0.2, 0.25) is 0 Å². The summed E-state index contributed by atoms with van der Waals surface area (Å²) < 4.78 is 0. The Morgan fingerprint density at radius 3 is 2.33 bits per heavy atom. The molecule has 1 amide bonds. The van der Waals surface area contributed by atoms with Crippen LogP contribution in [-0.2, 0) is 0 Å². The molecule has 3 rings (SSSR count). The topological polar surface area (TPSA) is 20.3 Å². The molecule has 0 saturated heterocycles. The molecule has 0 unspecified atom stereocenters. The van der Waals surface area contributed by atoms with Crippen LogP contribution < -0.4 is 0 Å². The lowest BCUT2D eigenvalue weighted by molar-refractivity contribution is 0.0863. The Labute approximate surface area is 129 Å². The molecule has 0 aliphatic carbocycles. The molecular formula is C18H15NOS. The molecule has 0 bridgehead atoms. The fourth-order valence-electron chi connectivity index (χ4n) is 2.43. The van der Waals surface area contributed by atoms with E-state index < -0.39 is 0 Å². The summed E-state index contributed by atoms with van der Waals surface area (Å²) in [5.74, 6) is 0.0173. The zero-order valence-corrected chi connectivity index (χ0v) is 12.3. The third-order valence-electron chi connectivity index (χ3n) is 3.51. The molecule has 3 heteroatoms. The van der Waals surface area contributed by atoms with E-state index in [4.69, 9.17) is 12.2 Å². The zero-order valence-electron chi connectivity index (χ0n) is 11.5. The first-order valence-electron chi connectivity index (χ1n) is 6.94. The minimum atomic E-state index is 0.0173. The van der Waals surface area contributed by atoms with Crippen LogP contribution in [-0.4, -0.2) is 22.3 Å². The van der Waals surface area contributed by atoms with Gasteiger partial charge in [-0.3, -0.25) is 9.69 Å². The number of rotatable bonds is 4. The van der Waals surface area contributed by atoms with Gasteiger partial charge < -0.3 is 0 Å². The standard InChI is InChI=1S/C18H15NOS/c20-17-15-11-4-5-12-16(15)18(21)19(17)13-7-6-10-14-8-2-1-3-9-14/h1-6,8-12H,7,13H2/b10-6+.